The van der Waals surface area contributed by atoms with E-state index in [2.05, 4.69) is 4.74 Å². The molecule has 0 aromatic heterocycles. The van der Waals surface area contributed by atoms with Gasteiger partial charge in [0.15, 0.2) is 0 Å². The van der Waals surface area contributed by atoms with Crippen LogP contribution in [0.1, 0.15) is 15.9 Å². The first-order valence-electron chi connectivity index (χ1n) is 5.07. The summed E-state index contributed by atoms with van der Waals surface area (Å²) in [6.45, 7) is 0.421. The largest absolute Gasteiger partial charge is 0.488 e. The van der Waals surface area contributed by atoms with Crippen LogP contribution in [-0.4, -0.2) is 19.7 Å². The lowest BCUT2D eigenvalue weighted by molar-refractivity contribution is 0.0600. The van der Waals surface area contributed by atoms with Crippen LogP contribution in [0.4, 0.5) is 0 Å². The fourth-order valence-electron chi connectivity index (χ4n) is 1.53. The fraction of sp³-hybridized carbons (Fsp3) is 0.154. The molecular weight excluding hydrogens is 240 g/mol. The maximum absolute atomic E-state index is 11.4. The normalized spacial score (nSPS) is 16.0. The van der Waals surface area contributed by atoms with Gasteiger partial charge in [0.25, 0.3) is 0 Å². The quantitative estimate of drug-likeness (QED) is 0.719. The Morgan fingerprint density at radius 2 is 2.29 bits per heavy atom. The molecule has 0 spiro atoms. The molecule has 0 fully saturated rings. The third kappa shape index (κ3) is 2.50. The molecule has 0 N–H and O–H groups in total. The van der Waals surface area contributed by atoms with Gasteiger partial charge in [-0.25, -0.2) is 4.79 Å². The van der Waals surface area contributed by atoms with Gasteiger partial charge in [-0.3, -0.25) is 0 Å². The van der Waals surface area contributed by atoms with Crippen LogP contribution in [-0.2, 0) is 4.74 Å². The molecule has 88 valence electrons. The van der Waals surface area contributed by atoms with Gasteiger partial charge < -0.3 is 9.47 Å². The van der Waals surface area contributed by atoms with Crippen LogP contribution in [0.2, 0.25) is 0 Å². The highest BCUT2D eigenvalue weighted by atomic mass is 35.5. The predicted molar refractivity (Wildman–Crippen MR) is 66.2 cm³/mol. The SMILES string of the molecule is COC(=O)c1ccc2c(c1)C=CC(=CCl)CO2. The van der Waals surface area contributed by atoms with Gasteiger partial charge in [-0.1, -0.05) is 23.8 Å². The summed E-state index contributed by atoms with van der Waals surface area (Å²) in [5.74, 6) is 0.362. The number of carbonyl (C=O) groups is 1. The molecule has 0 radical (unpaired) electrons. The Labute approximate surface area is 104 Å². The lowest BCUT2D eigenvalue weighted by Gasteiger charge is -2.07. The van der Waals surface area contributed by atoms with E-state index in [0.717, 1.165) is 16.9 Å². The van der Waals surface area contributed by atoms with E-state index in [-0.39, 0.29) is 5.97 Å². The third-order valence-electron chi connectivity index (χ3n) is 2.44. The molecule has 0 aliphatic carbocycles. The highest BCUT2D eigenvalue weighted by Crippen LogP contribution is 2.26. The summed E-state index contributed by atoms with van der Waals surface area (Å²) in [6, 6.07) is 5.16. The summed E-state index contributed by atoms with van der Waals surface area (Å²) < 4.78 is 10.2. The third-order valence-corrected chi connectivity index (χ3v) is 2.72. The zero-order valence-corrected chi connectivity index (χ0v) is 10.0. The zero-order chi connectivity index (χ0) is 12.3. The van der Waals surface area contributed by atoms with E-state index in [1.807, 2.05) is 12.2 Å². The maximum atomic E-state index is 11.4. The Bertz CT molecular complexity index is 503. The molecule has 4 heteroatoms. The highest BCUT2D eigenvalue weighted by molar-refractivity contribution is 6.25. The van der Waals surface area contributed by atoms with Gasteiger partial charge in [0, 0.05) is 16.7 Å². The second-order valence-electron chi connectivity index (χ2n) is 3.55. The molecule has 0 unspecified atom stereocenters. The van der Waals surface area contributed by atoms with Crippen LogP contribution in [0.25, 0.3) is 6.08 Å². The molecule has 1 aliphatic rings. The van der Waals surface area contributed by atoms with E-state index in [0.29, 0.717) is 12.2 Å². The molecule has 3 nitrogen and oxygen atoms in total. The van der Waals surface area contributed by atoms with E-state index in [1.165, 1.54) is 12.6 Å². The van der Waals surface area contributed by atoms with Crippen LogP contribution >= 0.6 is 11.6 Å². The summed E-state index contributed by atoms with van der Waals surface area (Å²) in [5, 5.41) is 0. The fourth-order valence-corrected chi connectivity index (χ4v) is 1.66. The second-order valence-corrected chi connectivity index (χ2v) is 3.77. The number of hydrogen-bond acceptors (Lipinski definition) is 3. The van der Waals surface area contributed by atoms with Crippen LogP contribution in [0.3, 0.4) is 0 Å². The Kier molecular flexibility index (Phi) is 3.49. The van der Waals surface area contributed by atoms with E-state index >= 15 is 0 Å². The number of ether oxygens (including phenoxy) is 2. The summed E-state index contributed by atoms with van der Waals surface area (Å²) in [4.78, 5) is 11.4. The van der Waals surface area contributed by atoms with Gasteiger partial charge in [0.2, 0.25) is 0 Å². The van der Waals surface area contributed by atoms with Crippen molar-refractivity contribution in [1.82, 2.24) is 0 Å². The molecule has 0 bridgehead atoms. The number of esters is 1. The van der Waals surface area contributed by atoms with Crippen molar-refractivity contribution in [3.63, 3.8) is 0 Å². The van der Waals surface area contributed by atoms with E-state index in [1.54, 1.807) is 18.2 Å². The Balaban J connectivity index is 2.38. The van der Waals surface area contributed by atoms with Crippen molar-refractivity contribution in [2.45, 2.75) is 0 Å². The number of halogens is 1. The van der Waals surface area contributed by atoms with Crippen molar-refractivity contribution < 1.29 is 14.3 Å². The minimum atomic E-state index is -0.362. The number of rotatable bonds is 1. The molecule has 0 saturated carbocycles. The Morgan fingerprint density at radius 1 is 1.47 bits per heavy atom. The molecule has 2 rings (SSSR count). The predicted octanol–water partition coefficient (Wildman–Crippen LogP) is 3.00. The zero-order valence-electron chi connectivity index (χ0n) is 9.27. The highest BCUT2D eigenvalue weighted by Gasteiger charge is 2.11. The standard InChI is InChI=1S/C13H11ClO3/c1-16-13(15)11-4-5-12-10(6-11)3-2-9(7-14)8-17-12/h2-7H,8H2,1H3. The Morgan fingerprint density at radius 3 is 3.00 bits per heavy atom. The lowest BCUT2D eigenvalue weighted by atomic mass is 10.1. The minimum Gasteiger partial charge on any atom is -0.488 e. The summed E-state index contributed by atoms with van der Waals surface area (Å²) in [5.41, 5.74) is 3.69. The number of benzene rings is 1. The smallest absolute Gasteiger partial charge is 0.337 e. The van der Waals surface area contributed by atoms with Crippen molar-refractivity contribution in [2.75, 3.05) is 13.7 Å². The number of fused-ring (bicyclic) bond motifs is 1. The molecule has 17 heavy (non-hydrogen) atoms. The molecule has 0 saturated heterocycles. The first-order chi connectivity index (χ1) is 8.24. The molecular formula is C13H11ClO3. The monoisotopic (exact) mass is 250 g/mol. The molecule has 1 aliphatic heterocycles. The van der Waals surface area contributed by atoms with Gasteiger partial charge in [-0.15, -0.1) is 0 Å². The van der Waals surface area contributed by atoms with Crippen LogP contribution in [0.5, 0.6) is 5.75 Å². The maximum Gasteiger partial charge on any atom is 0.337 e. The van der Waals surface area contributed by atoms with Gasteiger partial charge in [0.05, 0.1) is 12.7 Å². The molecule has 1 aromatic rings. The lowest BCUT2D eigenvalue weighted by Crippen LogP contribution is -2.02. The number of methoxy groups -OCH3 is 1. The minimum absolute atomic E-state index is 0.362. The average Bonchev–Trinajstić information content (AvgIpc) is 2.59. The van der Waals surface area contributed by atoms with Crippen molar-refractivity contribution in [3.05, 3.63) is 46.5 Å². The van der Waals surface area contributed by atoms with Crippen molar-refractivity contribution in [3.8, 4) is 5.75 Å². The van der Waals surface area contributed by atoms with Crippen molar-refractivity contribution in [2.24, 2.45) is 0 Å². The Hall–Kier alpha value is -1.74. The van der Waals surface area contributed by atoms with Gasteiger partial charge >= 0.3 is 5.97 Å². The summed E-state index contributed by atoms with van der Waals surface area (Å²) in [7, 11) is 1.36. The van der Waals surface area contributed by atoms with Gasteiger partial charge in [-0.2, -0.15) is 0 Å². The van der Waals surface area contributed by atoms with Crippen LogP contribution in [0, 0.1) is 0 Å². The number of hydrogen-bond donors (Lipinski definition) is 0. The van der Waals surface area contributed by atoms with E-state index < -0.39 is 0 Å². The first-order valence-corrected chi connectivity index (χ1v) is 5.50. The average molecular weight is 251 g/mol. The van der Waals surface area contributed by atoms with Crippen LogP contribution in [0.15, 0.2) is 35.4 Å². The van der Waals surface area contributed by atoms with Gasteiger partial charge in [-0.05, 0) is 18.2 Å². The molecule has 1 aromatic carbocycles. The molecule has 1 heterocycles. The summed E-state index contributed by atoms with van der Waals surface area (Å²) in [6.07, 6.45) is 3.73. The topological polar surface area (TPSA) is 35.5 Å². The second kappa shape index (κ2) is 5.06. The number of carbonyl (C=O) groups excluding carboxylic acids is 1. The van der Waals surface area contributed by atoms with Crippen molar-refractivity contribution in [1.29, 1.82) is 0 Å². The van der Waals surface area contributed by atoms with E-state index in [9.17, 15) is 4.79 Å². The summed E-state index contributed by atoms with van der Waals surface area (Å²) >= 11 is 5.63. The van der Waals surface area contributed by atoms with Crippen molar-refractivity contribution >= 4 is 23.6 Å². The van der Waals surface area contributed by atoms with Gasteiger partial charge in [0.1, 0.15) is 12.4 Å². The molecule has 0 atom stereocenters. The molecule has 0 amide bonds. The van der Waals surface area contributed by atoms with E-state index in [4.69, 9.17) is 16.3 Å². The van der Waals surface area contributed by atoms with Crippen LogP contribution < -0.4 is 4.74 Å². The first kappa shape index (κ1) is 11.7.